The van der Waals surface area contributed by atoms with Crippen molar-refractivity contribution in [2.24, 2.45) is 5.73 Å². The van der Waals surface area contributed by atoms with E-state index in [0.717, 1.165) is 23.4 Å². The smallest absolute Gasteiger partial charge is 0.0467 e. The molecule has 15 heavy (non-hydrogen) atoms. The average Bonchev–Trinajstić information content (AvgIpc) is 2.65. The Morgan fingerprint density at radius 3 is 2.60 bits per heavy atom. The summed E-state index contributed by atoms with van der Waals surface area (Å²) in [5.74, 6) is 0. The summed E-state index contributed by atoms with van der Waals surface area (Å²) in [7, 11) is 0. The van der Waals surface area contributed by atoms with Crippen molar-refractivity contribution < 1.29 is 0 Å². The maximum absolute atomic E-state index is 6.46. The van der Waals surface area contributed by atoms with Gasteiger partial charge < -0.3 is 5.73 Å². The van der Waals surface area contributed by atoms with Crippen LogP contribution in [0.1, 0.15) is 31.2 Å². The third-order valence-corrected chi connectivity index (χ3v) is 4.28. The van der Waals surface area contributed by atoms with Gasteiger partial charge in [-0.25, -0.2) is 0 Å². The Kier molecular flexibility index (Phi) is 3.29. The normalized spacial score (nSPS) is 19.4. The second-order valence-corrected chi connectivity index (χ2v) is 5.44. The van der Waals surface area contributed by atoms with Crippen molar-refractivity contribution in [3.63, 3.8) is 0 Å². The van der Waals surface area contributed by atoms with E-state index in [-0.39, 0.29) is 5.54 Å². The number of benzene rings is 1. The Labute approximate surface area is 100 Å². The molecule has 2 N–H and O–H groups in total. The highest BCUT2D eigenvalue weighted by Gasteiger charge is 2.34. The quantitative estimate of drug-likeness (QED) is 0.798. The zero-order valence-corrected chi connectivity index (χ0v) is 10.5. The molecule has 1 aromatic rings. The second kappa shape index (κ2) is 4.36. The molecule has 3 heteroatoms. The first-order chi connectivity index (χ1) is 7.17. The zero-order valence-electron chi connectivity index (χ0n) is 8.92. The lowest BCUT2D eigenvalue weighted by Gasteiger charge is -2.27. The molecule has 1 aliphatic carbocycles. The highest BCUT2D eigenvalue weighted by molar-refractivity contribution is 7.98. The van der Waals surface area contributed by atoms with Gasteiger partial charge in [0.2, 0.25) is 0 Å². The highest BCUT2D eigenvalue weighted by Crippen LogP contribution is 2.43. The molecule has 1 nitrogen and oxygen atoms in total. The minimum atomic E-state index is -0.184. The largest absolute Gasteiger partial charge is 0.321 e. The van der Waals surface area contributed by atoms with Crippen molar-refractivity contribution in [3.05, 3.63) is 28.8 Å². The van der Waals surface area contributed by atoms with Crippen LogP contribution in [0, 0.1) is 0 Å². The molecule has 0 atom stereocenters. The number of hydrogen-bond donors (Lipinski definition) is 1. The summed E-state index contributed by atoms with van der Waals surface area (Å²) in [6.07, 6.45) is 6.63. The third kappa shape index (κ3) is 2.03. The minimum absolute atomic E-state index is 0.184. The van der Waals surface area contributed by atoms with Crippen LogP contribution in [0.2, 0.25) is 5.02 Å². The number of hydrogen-bond acceptors (Lipinski definition) is 2. The van der Waals surface area contributed by atoms with Crippen molar-refractivity contribution in [2.45, 2.75) is 36.1 Å². The van der Waals surface area contributed by atoms with Gasteiger partial charge in [-0.05, 0) is 31.2 Å². The van der Waals surface area contributed by atoms with Gasteiger partial charge in [-0.2, -0.15) is 0 Å². The van der Waals surface area contributed by atoms with Crippen molar-refractivity contribution in [1.82, 2.24) is 0 Å². The standard InChI is InChI=1S/C12H16ClNS/c1-15-10-6-4-5-9(13)11(10)12(14)7-2-3-8-12/h4-6H,2-3,7-8,14H2,1H3. The molecule has 0 radical (unpaired) electrons. The van der Waals surface area contributed by atoms with Crippen LogP contribution in [-0.2, 0) is 5.54 Å². The molecule has 0 unspecified atom stereocenters. The first-order valence-corrected chi connectivity index (χ1v) is 6.89. The molecule has 2 rings (SSSR count). The SMILES string of the molecule is CSc1cccc(Cl)c1C1(N)CCCC1. The monoisotopic (exact) mass is 241 g/mol. The minimum Gasteiger partial charge on any atom is -0.321 e. The van der Waals surface area contributed by atoms with Gasteiger partial charge >= 0.3 is 0 Å². The van der Waals surface area contributed by atoms with Crippen molar-refractivity contribution in [1.29, 1.82) is 0 Å². The third-order valence-electron chi connectivity index (χ3n) is 3.19. The lowest BCUT2D eigenvalue weighted by molar-refractivity contribution is 0.453. The molecule has 82 valence electrons. The van der Waals surface area contributed by atoms with E-state index in [1.165, 1.54) is 17.7 Å². The van der Waals surface area contributed by atoms with Crippen LogP contribution in [0.25, 0.3) is 0 Å². The van der Waals surface area contributed by atoms with Gasteiger partial charge in [0.05, 0.1) is 0 Å². The van der Waals surface area contributed by atoms with E-state index in [4.69, 9.17) is 17.3 Å². The molecule has 1 aliphatic rings. The van der Waals surface area contributed by atoms with Gasteiger partial charge in [0.15, 0.2) is 0 Å². The van der Waals surface area contributed by atoms with Gasteiger partial charge in [-0.15, -0.1) is 11.8 Å². The van der Waals surface area contributed by atoms with Crippen LogP contribution in [0.4, 0.5) is 0 Å². The van der Waals surface area contributed by atoms with E-state index < -0.39 is 0 Å². The predicted molar refractivity (Wildman–Crippen MR) is 67.6 cm³/mol. The van der Waals surface area contributed by atoms with E-state index in [2.05, 4.69) is 12.3 Å². The van der Waals surface area contributed by atoms with Crippen molar-refractivity contribution in [2.75, 3.05) is 6.26 Å². The molecule has 0 bridgehead atoms. The first kappa shape index (κ1) is 11.3. The lowest BCUT2D eigenvalue weighted by atomic mass is 9.89. The average molecular weight is 242 g/mol. The Hall–Kier alpha value is -0.180. The summed E-state index contributed by atoms with van der Waals surface area (Å²) < 4.78 is 0. The maximum atomic E-state index is 6.46. The maximum Gasteiger partial charge on any atom is 0.0467 e. The van der Waals surface area contributed by atoms with Crippen LogP contribution in [0.15, 0.2) is 23.1 Å². The van der Waals surface area contributed by atoms with Crippen LogP contribution < -0.4 is 5.73 Å². The fraction of sp³-hybridized carbons (Fsp3) is 0.500. The van der Waals surface area contributed by atoms with Gasteiger partial charge in [0.1, 0.15) is 0 Å². The second-order valence-electron chi connectivity index (χ2n) is 4.18. The summed E-state index contributed by atoms with van der Waals surface area (Å²) in [6, 6.07) is 6.05. The van der Waals surface area contributed by atoms with Crippen LogP contribution in [0.3, 0.4) is 0 Å². The molecular formula is C12H16ClNS. The van der Waals surface area contributed by atoms with Crippen LogP contribution in [0.5, 0.6) is 0 Å². The van der Waals surface area contributed by atoms with E-state index in [1.807, 2.05) is 12.1 Å². The van der Waals surface area contributed by atoms with Gasteiger partial charge in [-0.3, -0.25) is 0 Å². The molecule has 0 amide bonds. The number of thioether (sulfide) groups is 1. The lowest BCUT2D eigenvalue weighted by Crippen LogP contribution is -2.34. The predicted octanol–water partition coefficient (Wildman–Crippen LogP) is 3.79. The topological polar surface area (TPSA) is 26.0 Å². The van der Waals surface area contributed by atoms with E-state index in [9.17, 15) is 0 Å². The zero-order chi connectivity index (χ0) is 10.9. The van der Waals surface area contributed by atoms with Crippen LogP contribution in [-0.4, -0.2) is 6.26 Å². The molecule has 1 fully saturated rings. The molecule has 1 saturated carbocycles. The summed E-state index contributed by atoms with van der Waals surface area (Å²) in [5, 5.41) is 0.825. The van der Waals surface area contributed by atoms with E-state index in [1.54, 1.807) is 11.8 Å². The first-order valence-electron chi connectivity index (χ1n) is 5.29. The Morgan fingerprint density at radius 2 is 2.00 bits per heavy atom. The summed E-state index contributed by atoms with van der Waals surface area (Å²) in [5.41, 5.74) is 7.44. The van der Waals surface area contributed by atoms with Crippen molar-refractivity contribution >= 4 is 23.4 Å². The fourth-order valence-electron chi connectivity index (χ4n) is 2.41. The molecule has 0 aromatic heterocycles. The van der Waals surface area contributed by atoms with Crippen molar-refractivity contribution in [3.8, 4) is 0 Å². The highest BCUT2D eigenvalue weighted by atomic mass is 35.5. The molecule has 1 aromatic carbocycles. The Bertz CT molecular complexity index is 359. The molecular weight excluding hydrogens is 226 g/mol. The van der Waals surface area contributed by atoms with Gasteiger partial charge in [-0.1, -0.05) is 30.5 Å². The van der Waals surface area contributed by atoms with Gasteiger partial charge in [0.25, 0.3) is 0 Å². The fourth-order valence-corrected chi connectivity index (χ4v) is 3.56. The summed E-state index contributed by atoms with van der Waals surface area (Å²) in [6.45, 7) is 0. The number of halogens is 1. The summed E-state index contributed by atoms with van der Waals surface area (Å²) in [4.78, 5) is 1.23. The molecule has 0 heterocycles. The Balaban J connectivity index is 2.49. The Morgan fingerprint density at radius 1 is 1.33 bits per heavy atom. The van der Waals surface area contributed by atoms with E-state index >= 15 is 0 Å². The van der Waals surface area contributed by atoms with Crippen LogP contribution >= 0.6 is 23.4 Å². The summed E-state index contributed by atoms with van der Waals surface area (Å²) >= 11 is 8.02. The molecule has 0 saturated heterocycles. The number of nitrogens with two attached hydrogens (primary N) is 1. The molecule has 0 aliphatic heterocycles. The molecule has 0 spiro atoms. The van der Waals surface area contributed by atoms with E-state index in [0.29, 0.717) is 0 Å². The number of rotatable bonds is 2. The van der Waals surface area contributed by atoms with Gasteiger partial charge in [0, 0.05) is 21.0 Å².